The van der Waals surface area contributed by atoms with Crippen LogP contribution in [-0.4, -0.2) is 12.1 Å². The summed E-state index contributed by atoms with van der Waals surface area (Å²) in [6.07, 6.45) is 2.58. The second-order valence-corrected chi connectivity index (χ2v) is 3.86. The minimum atomic E-state index is 0.510. The molecule has 1 aromatic carbocycles. The van der Waals surface area contributed by atoms with Crippen molar-refractivity contribution in [3.63, 3.8) is 0 Å². The van der Waals surface area contributed by atoms with Crippen LogP contribution in [0.1, 0.15) is 12.5 Å². The van der Waals surface area contributed by atoms with E-state index in [1.54, 1.807) is 25.4 Å². The average Bonchev–Trinajstić information content (AvgIpc) is 2.41. The van der Waals surface area contributed by atoms with E-state index in [9.17, 15) is 0 Å². The SMILES string of the molecule is CCc1ccc(Oc2ccnc(OC)c2)c(N)c1. The van der Waals surface area contributed by atoms with Gasteiger partial charge in [0.1, 0.15) is 11.5 Å². The molecule has 0 saturated heterocycles. The first-order valence-corrected chi connectivity index (χ1v) is 5.79. The topological polar surface area (TPSA) is 57.4 Å². The highest BCUT2D eigenvalue weighted by molar-refractivity contribution is 5.55. The molecule has 0 radical (unpaired) electrons. The molecular weight excluding hydrogens is 228 g/mol. The second-order valence-electron chi connectivity index (χ2n) is 3.86. The Morgan fingerprint density at radius 3 is 2.72 bits per heavy atom. The van der Waals surface area contributed by atoms with E-state index in [-0.39, 0.29) is 0 Å². The average molecular weight is 244 g/mol. The fourth-order valence-electron chi connectivity index (χ4n) is 1.60. The molecule has 0 spiro atoms. The monoisotopic (exact) mass is 244 g/mol. The smallest absolute Gasteiger partial charge is 0.216 e. The lowest BCUT2D eigenvalue weighted by atomic mass is 10.1. The predicted molar refractivity (Wildman–Crippen MR) is 71.1 cm³/mol. The van der Waals surface area contributed by atoms with E-state index in [0.29, 0.717) is 23.1 Å². The molecule has 1 aromatic heterocycles. The van der Waals surface area contributed by atoms with E-state index in [4.69, 9.17) is 15.2 Å². The van der Waals surface area contributed by atoms with Crippen molar-refractivity contribution in [2.75, 3.05) is 12.8 Å². The normalized spacial score (nSPS) is 10.1. The zero-order chi connectivity index (χ0) is 13.0. The maximum atomic E-state index is 5.94. The molecule has 18 heavy (non-hydrogen) atoms. The number of benzene rings is 1. The number of aromatic nitrogens is 1. The van der Waals surface area contributed by atoms with Crippen molar-refractivity contribution in [1.82, 2.24) is 4.98 Å². The Bertz CT molecular complexity index is 541. The standard InChI is InChI=1S/C14H16N2O2/c1-3-10-4-5-13(12(15)8-10)18-11-6-7-16-14(9-11)17-2/h4-9H,3,15H2,1-2H3. The van der Waals surface area contributed by atoms with Crippen molar-refractivity contribution >= 4 is 5.69 Å². The molecule has 0 bridgehead atoms. The van der Waals surface area contributed by atoms with Gasteiger partial charge in [0.2, 0.25) is 5.88 Å². The Morgan fingerprint density at radius 2 is 2.06 bits per heavy atom. The number of anilines is 1. The van der Waals surface area contributed by atoms with Crippen molar-refractivity contribution < 1.29 is 9.47 Å². The number of nitrogen functional groups attached to an aromatic ring is 1. The number of nitrogens with two attached hydrogens (primary N) is 1. The quantitative estimate of drug-likeness (QED) is 0.840. The molecule has 2 aromatic rings. The molecule has 0 fully saturated rings. The largest absolute Gasteiger partial charge is 0.481 e. The zero-order valence-corrected chi connectivity index (χ0v) is 10.5. The number of ether oxygens (including phenoxy) is 2. The number of hydrogen-bond acceptors (Lipinski definition) is 4. The van der Waals surface area contributed by atoms with Gasteiger partial charge in [-0.1, -0.05) is 13.0 Å². The minimum absolute atomic E-state index is 0.510. The van der Waals surface area contributed by atoms with Crippen LogP contribution in [0.2, 0.25) is 0 Å². The van der Waals surface area contributed by atoms with Crippen LogP contribution in [0.15, 0.2) is 36.5 Å². The van der Waals surface area contributed by atoms with Crippen molar-refractivity contribution in [2.45, 2.75) is 13.3 Å². The summed E-state index contributed by atoms with van der Waals surface area (Å²) in [5.74, 6) is 1.80. The van der Waals surface area contributed by atoms with Gasteiger partial charge < -0.3 is 15.2 Å². The molecule has 2 rings (SSSR count). The summed E-state index contributed by atoms with van der Waals surface area (Å²) in [6, 6.07) is 9.28. The van der Waals surface area contributed by atoms with E-state index < -0.39 is 0 Å². The summed E-state index contributed by atoms with van der Waals surface area (Å²) >= 11 is 0. The molecule has 0 unspecified atom stereocenters. The van der Waals surface area contributed by atoms with Crippen molar-refractivity contribution in [2.24, 2.45) is 0 Å². The number of methoxy groups -OCH3 is 1. The van der Waals surface area contributed by atoms with Crippen LogP contribution in [0.25, 0.3) is 0 Å². The molecule has 4 heteroatoms. The summed E-state index contributed by atoms with van der Waals surface area (Å²) in [6.45, 7) is 2.09. The number of nitrogens with zero attached hydrogens (tertiary/aromatic N) is 1. The van der Waals surface area contributed by atoms with E-state index in [2.05, 4.69) is 11.9 Å². The third-order valence-corrected chi connectivity index (χ3v) is 2.63. The highest BCUT2D eigenvalue weighted by Gasteiger charge is 2.04. The molecule has 2 N–H and O–H groups in total. The van der Waals surface area contributed by atoms with Crippen LogP contribution in [0.5, 0.6) is 17.4 Å². The summed E-state index contributed by atoms with van der Waals surface area (Å²) in [7, 11) is 1.57. The van der Waals surface area contributed by atoms with E-state index in [1.165, 1.54) is 5.56 Å². The molecule has 94 valence electrons. The van der Waals surface area contributed by atoms with Crippen LogP contribution in [0.3, 0.4) is 0 Å². The van der Waals surface area contributed by atoms with Gasteiger partial charge >= 0.3 is 0 Å². The summed E-state index contributed by atoms with van der Waals surface area (Å²) in [4.78, 5) is 4.02. The molecule has 0 aliphatic carbocycles. The van der Waals surface area contributed by atoms with Gasteiger partial charge in [-0.2, -0.15) is 0 Å². The first-order valence-electron chi connectivity index (χ1n) is 5.79. The van der Waals surface area contributed by atoms with Gasteiger partial charge in [0.15, 0.2) is 0 Å². The van der Waals surface area contributed by atoms with Crippen LogP contribution < -0.4 is 15.2 Å². The third-order valence-electron chi connectivity index (χ3n) is 2.63. The maximum Gasteiger partial charge on any atom is 0.216 e. The van der Waals surface area contributed by atoms with E-state index >= 15 is 0 Å². The van der Waals surface area contributed by atoms with Gasteiger partial charge in [-0.25, -0.2) is 4.98 Å². The zero-order valence-electron chi connectivity index (χ0n) is 10.5. The van der Waals surface area contributed by atoms with E-state index in [0.717, 1.165) is 6.42 Å². The number of pyridine rings is 1. The van der Waals surface area contributed by atoms with Gasteiger partial charge in [0, 0.05) is 12.3 Å². The van der Waals surface area contributed by atoms with Gasteiger partial charge in [0.25, 0.3) is 0 Å². The molecule has 0 saturated carbocycles. The fraction of sp³-hybridized carbons (Fsp3) is 0.214. The number of aryl methyl sites for hydroxylation is 1. The molecule has 0 aliphatic rings. The summed E-state index contributed by atoms with van der Waals surface area (Å²) in [5, 5.41) is 0. The minimum Gasteiger partial charge on any atom is -0.481 e. The van der Waals surface area contributed by atoms with Crippen LogP contribution in [0, 0.1) is 0 Å². The van der Waals surface area contributed by atoms with Crippen LogP contribution >= 0.6 is 0 Å². The Morgan fingerprint density at radius 1 is 1.22 bits per heavy atom. The first-order chi connectivity index (χ1) is 8.72. The molecular formula is C14H16N2O2. The van der Waals surface area contributed by atoms with Crippen LogP contribution in [0.4, 0.5) is 5.69 Å². The highest BCUT2D eigenvalue weighted by Crippen LogP contribution is 2.29. The van der Waals surface area contributed by atoms with Gasteiger partial charge in [-0.15, -0.1) is 0 Å². The summed E-state index contributed by atoms with van der Waals surface area (Å²) in [5.41, 5.74) is 7.76. The van der Waals surface area contributed by atoms with E-state index in [1.807, 2.05) is 18.2 Å². The molecule has 0 atom stereocenters. The van der Waals surface area contributed by atoms with Crippen molar-refractivity contribution in [3.8, 4) is 17.4 Å². The predicted octanol–water partition coefficient (Wildman–Crippen LogP) is 3.03. The highest BCUT2D eigenvalue weighted by atomic mass is 16.5. The first kappa shape index (κ1) is 12.2. The third kappa shape index (κ3) is 2.71. The van der Waals surface area contributed by atoms with Crippen molar-refractivity contribution in [1.29, 1.82) is 0 Å². The molecule has 0 aliphatic heterocycles. The lowest BCUT2D eigenvalue weighted by Crippen LogP contribution is -1.94. The Kier molecular flexibility index (Phi) is 3.67. The fourth-order valence-corrected chi connectivity index (χ4v) is 1.60. The molecule has 1 heterocycles. The van der Waals surface area contributed by atoms with Gasteiger partial charge in [-0.05, 0) is 30.2 Å². The Balaban J connectivity index is 2.22. The molecule has 4 nitrogen and oxygen atoms in total. The van der Waals surface area contributed by atoms with Gasteiger partial charge in [-0.3, -0.25) is 0 Å². The Hall–Kier alpha value is -2.23. The second kappa shape index (κ2) is 5.40. The lowest BCUT2D eigenvalue weighted by Gasteiger charge is -2.10. The number of hydrogen-bond donors (Lipinski definition) is 1. The van der Waals surface area contributed by atoms with Crippen molar-refractivity contribution in [3.05, 3.63) is 42.1 Å². The van der Waals surface area contributed by atoms with Gasteiger partial charge in [0.05, 0.1) is 12.8 Å². The van der Waals surface area contributed by atoms with Crippen LogP contribution in [-0.2, 0) is 6.42 Å². The maximum absolute atomic E-state index is 5.94. The summed E-state index contributed by atoms with van der Waals surface area (Å²) < 4.78 is 10.7. The number of rotatable bonds is 4. The molecule has 0 amide bonds. The Labute approximate surface area is 106 Å². The lowest BCUT2D eigenvalue weighted by molar-refractivity contribution is 0.392.